The molecule has 1 unspecified atom stereocenters. The highest BCUT2D eigenvalue weighted by Gasteiger charge is 2.24. The van der Waals surface area contributed by atoms with Crippen LogP contribution in [0, 0.1) is 0 Å². The predicted molar refractivity (Wildman–Crippen MR) is 147 cm³/mol. The highest BCUT2D eigenvalue weighted by atomic mass is 16.5. The average Bonchev–Trinajstić information content (AvgIpc) is 2.93. The van der Waals surface area contributed by atoms with Gasteiger partial charge in [0.15, 0.2) is 0 Å². The Morgan fingerprint density at radius 2 is 1.70 bits per heavy atom. The van der Waals surface area contributed by atoms with E-state index in [1.54, 1.807) is 6.07 Å². The Hall–Kier alpha value is -3.22. The van der Waals surface area contributed by atoms with E-state index >= 15 is 0 Å². The van der Waals surface area contributed by atoms with Gasteiger partial charge in [0.2, 0.25) is 0 Å². The fourth-order valence-corrected chi connectivity index (χ4v) is 5.55. The maximum Gasteiger partial charge on any atom is 0.119 e. The fourth-order valence-electron chi connectivity index (χ4n) is 5.55. The summed E-state index contributed by atoms with van der Waals surface area (Å²) in [6.45, 7) is 8.93. The van der Waals surface area contributed by atoms with Gasteiger partial charge in [0.25, 0.3) is 0 Å². The molecule has 0 radical (unpaired) electrons. The van der Waals surface area contributed by atoms with Crippen molar-refractivity contribution < 1.29 is 19.7 Å². The Morgan fingerprint density at radius 3 is 2.49 bits per heavy atom. The minimum Gasteiger partial charge on any atom is -0.508 e. The molecule has 6 nitrogen and oxygen atoms in total. The van der Waals surface area contributed by atoms with Gasteiger partial charge in [-0.25, -0.2) is 0 Å². The molecule has 1 aliphatic carbocycles. The van der Waals surface area contributed by atoms with Crippen molar-refractivity contribution in [1.82, 2.24) is 4.90 Å². The summed E-state index contributed by atoms with van der Waals surface area (Å²) in [7, 11) is 0. The SMILES string of the molecule is CCN(Cc1ccc(OCCN2CCOCC2)cc1)c1cc(O)ccc1C1CCc2cc(O)ccc2C1. The summed E-state index contributed by atoms with van der Waals surface area (Å²) in [4.78, 5) is 4.72. The molecular formula is C31H38N2O4. The molecule has 6 heteroatoms. The third kappa shape index (κ3) is 6.38. The van der Waals surface area contributed by atoms with Crippen molar-refractivity contribution in [2.45, 2.75) is 38.6 Å². The number of morpholine rings is 1. The lowest BCUT2D eigenvalue weighted by atomic mass is 9.79. The van der Waals surface area contributed by atoms with Crippen LogP contribution in [0.15, 0.2) is 60.7 Å². The molecule has 1 aliphatic heterocycles. The Kier molecular flexibility index (Phi) is 8.17. The van der Waals surface area contributed by atoms with Crippen LogP contribution in [0.4, 0.5) is 5.69 Å². The Balaban J connectivity index is 1.25. The normalized spacial score (nSPS) is 17.8. The Morgan fingerprint density at radius 1 is 0.946 bits per heavy atom. The number of aromatic hydroxyl groups is 2. The molecule has 0 aromatic heterocycles. The molecule has 0 amide bonds. The maximum atomic E-state index is 10.4. The predicted octanol–water partition coefficient (Wildman–Crippen LogP) is 5.11. The number of phenolic OH excluding ortho intramolecular Hbond substituents is 2. The van der Waals surface area contributed by atoms with Crippen molar-refractivity contribution in [3.63, 3.8) is 0 Å². The molecule has 2 N–H and O–H groups in total. The number of fused-ring (bicyclic) bond motifs is 1. The fraction of sp³-hybridized carbons (Fsp3) is 0.419. The standard InChI is InChI=1S/C31H38N2O4/c1-2-33(22-23-3-10-29(11-4-23)37-18-15-32-13-16-36-17-14-32)31-21-28(35)9-12-30(31)26-6-5-25-20-27(34)8-7-24(25)19-26/h3-4,7-12,20-21,26,34-35H,2,5-6,13-19,22H2,1H3. The second kappa shape index (κ2) is 11.9. The molecule has 3 aromatic rings. The summed E-state index contributed by atoms with van der Waals surface area (Å²) >= 11 is 0. The first kappa shape index (κ1) is 25.4. The molecule has 0 bridgehead atoms. The summed E-state index contributed by atoms with van der Waals surface area (Å²) < 4.78 is 11.4. The van der Waals surface area contributed by atoms with Gasteiger partial charge in [-0.3, -0.25) is 4.90 Å². The molecule has 37 heavy (non-hydrogen) atoms. The van der Waals surface area contributed by atoms with Crippen molar-refractivity contribution in [3.8, 4) is 17.2 Å². The lowest BCUT2D eigenvalue weighted by Crippen LogP contribution is -2.38. The van der Waals surface area contributed by atoms with E-state index < -0.39 is 0 Å². The maximum absolute atomic E-state index is 10.4. The molecule has 3 aromatic carbocycles. The van der Waals surface area contributed by atoms with Crippen LogP contribution in [0.2, 0.25) is 0 Å². The summed E-state index contributed by atoms with van der Waals surface area (Å²) in [5, 5.41) is 20.2. The van der Waals surface area contributed by atoms with Crippen LogP contribution in [0.3, 0.4) is 0 Å². The van der Waals surface area contributed by atoms with Crippen LogP contribution in [-0.2, 0) is 24.1 Å². The van der Waals surface area contributed by atoms with Gasteiger partial charge in [-0.2, -0.15) is 0 Å². The second-order valence-corrected chi connectivity index (χ2v) is 10.1. The minimum absolute atomic E-state index is 0.294. The van der Waals surface area contributed by atoms with E-state index in [1.807, 2.05) is 18.2 Å². The molecule has 196 valence electrons. The molecule has 1 saturated heterocycles. The zero-order chi connectivity index (χ0) is 25.6. The monoisotopic (exact) mass is 502 g/mol. The van der Waals surface area contributed by atoms with E-state index in [-0.39, 0.29) is 0 Å². The van der Waals surface area contributed by atoms with Gasteiger partial charge in [0.05, 0.1) is 13.2 Å². The summed E-state index contributed by atoms with van der Waals surface area (Å²) in [6.07, 6.45) is 2.93. The minimum atomic E-state index is 0.294. The zero-order valence-corrected chi connectivity index (χ0v) is 21.7. The van der Waals surface area contributed by atoms with Crippen LogP contribution in [0.25, 0.3) is 0 Å². The summed E-state index contributed by atoms with van der Waals surface area (Å²) in [5.74, 6) is 1.91. The van der Waals surface area contributed by atoms with E-state index in [2.05, 4.69) is 53.1 Å². The van der Waals surface area contributed by atoms with E-state index in [4.69, 9.17) is 9.47 Å². The smallest absolute Gasteiger partial charge is 0.119 e. The molecule has 1 heterocycles. The number of anilines is 1. The number of hydrogen-bond acceptors (Lipinski definition) is 6. The first-order chi connectivity index (χ1) is 18.1. The number of ether oxygens (including phenoxy) is 2. The molecule has 5 rings (SSSR count). The van der Waals surface area contributed by atoms with Crippen molar-refractivity contribution >= 4 is 5.69 Å². The molecule has 1 fully saturated rings. The third-order valence-corrected chi connectivity index (χ3v) is 7.67. The Labute approximate surface area is 220 Å². The van der Waals surface area contributed by atoms with Crippen LogP contribution < -0.4 is 9.64 Å². The van der Waals surface area contributed by atoms with E-state index in [9.17, 15) is 10.2 Å². The van der Waals surface area contributed by atoms with Gasteiger partial charge in [-0.15, -0.1) is 0 Å². The van der Waals surface area contributed by atoms with Crippen LogP contribution in [0.1, 0.15) is 41.5 Å². The highest BCUT2D eigenvalue weighted by Crippen LogP contribution is 2.40. The van der Waals surface area contributed by atoms with Crippen LogP contribution >= 0.6 is 0 Å². The van der Waals surface area contributed by atoms with Gasteiger partial charge in [0.1, 0.15) is 23.9 Å². The van der Waals surface area contributed by atoms with Crippen molar-refractivity contribution in [2.75, 3.05) is 50.9 Å². The number of rotatable bonds is 9. The van der Waals surface area contributed by atoms with Gasteiger partial charge < -0.3 is 24.6 Å². The average molecular weight is 503 g/mol. The van der Waals surface area contributed by atoms with E-state index in [0.717, 1.165) is 76.6 Å². The van der Waals surface area contributed by atoms with Crippen molar-refractivity contribution in [2.24, 2.45) is 0 Å². The summed E-state index contributed by atoms with van der Waals surface area (Å²) in [5.41, 5.74) is 6.14. The zero-order valence-electron chi connectivity index (χ0n) is 21.7. The highest BCUT2D eigenvalue weighted by molar-refractivity contribution is 5.59. The number of nitrogens with zero attached hydrogens (tertiary/aromatic N) is 2. The molecule has 2 aliphatic rings. The van der Waals surface area contributed by atoms with E-state index in [0.29, 0.717) is 24.0 Å². The van der Waals surface area contributed by atoms with Gasteiger partial charge in [-0.05, 0) is 84.7 Å². The van der Waals surface area contributed by atoms with Gasteiger partial charge >= 0.3 is 0 Å². The number of benzene rings is 3. The van der Waals surface area contributed by atoms with Crippen LogP contribution in [-0.4, -0.2) is 61.1 Å². The largest absolute Gasteiger partial charge is 0.508 e. The molecule has 0 spiro atoms. The number of hydrogen-bond donors (Lipinski definition) is 2. The number of phenols is 2. The Bertz CT molecular complexity index is 1170. The lowest BCUT2D eigenvalue weighted by Gasteiger charge is -2.31. The van der Waals surface area contributed by atoms with Gasteiger partial charge in [0, 0.05) is 44.5 Å². The molecule has 0 saturated carbocycles. The van der Waals surface area contributed by atoms with Crippen LogP contribution in [0.5, 0.6) is 17.2 Å². The van der Waals surface area contributed by atoms with Gasteiger partial charge in [-0.1, -0.05) is 24.3 Å². The topological polar surface area (TPSA) is 65.4 Å². The van der Waals surface area contributed by atoms with Crippen molar-refractivity contribution in [1.29, 1.82) is 0 Å². The quantitative estimate of drug-likeness (QED) is 0.424. The third-order valence-electron chi connectivity index (χ3n) is 7.67. The lowest BCUT2D eigenvalue weighted by molar-refractivity contribution is 0.0322. The van der Waals surface area contributed by atoms with Crippen molar-refractivity contribution in [3.05, 3.63) is 82.9 Å². The van der Waals surface area contributed by atoms with E-state index in [1.165, 1.54) is 22.3 Å². The first-order valence-electron chi connectivity index (χ1n) is 13.5. The molecular weight excluding hydrogens is 464 g/mol. The second-order valence-electron chi connectivity index (χ2n) is 10.1. The number of aryl methyl sites for hydroxylation is 1. The molecule has 1 atom stereocenters. The first-order valence-corrected chi connectivity index (χ1v) is 13.5. The summed E-state index contributed by atoms with van der Waals surface area (Å²) in [6, 6.07) is 19.9.